The first kappa shape index (κ1) is 15.3. The molecule has 0 atom stereocenters. The molecule has 0 spiro atoms. The zero-order valence-corrected chi connectivity index (χ0v) is 10.0. The topological polar surface area (TPSA) is 15.6 Å². The van der Waals surface area contributed by atoms with E-state index in [9.17, 15) is 0 Å². The molecule has 0 aromatic carbocycles. The van der Waals surface area contributed by atoms with Gasteiger partial charge in [-0.05, 0) is 12.8 Å². The van der Waals surface area contributed by atoms with E-state index in [1.807, 2.05) is 0 Å². The molecular weight excluding hydrogens is 207 g/mol. The van der Waals surface area contributed by atoms with E-state index in [4.69, 9.17) is 0 Å². The SMILES string of the molecule is C1CN=C2CCCN2C1.[Cl-].[Cl-].[Mg+2]. The van der Waals surface area contributed by atoms with Crippen LogP contribution in [0.4, 0.5) is 0 Å². The molecule has 2 nitrogen and oxygen atoms in total. The fraction of sp³-hybridized carbons (Fsp3) is 0.857. The molecule has 0 aliphatic carbocycles. The van der Waals surface area contributed by atoms with E-state index in [0.717, 1.165) is 6.54 Å². The van der Waals surface area contributed by atoms with Crippen molar-refractivity contribution in [1.82, 2.24) is 4.90 Å². The third-order valence-electron chi connectivity index (χ3n) is 2.07. The van der Waals surface area contributed by atoms with Gasteiger partial charge >= 0.3 is 23.1 Å². The van der Waals surface area contributed by atoms with Gasteiger partial charge in [-0.1, -0.05) is 0 Å². The van der Waals surface area contributed by atoms with Gasteiger partial charge in [-0.3, -0.25) is 4.99 Å². The minimum absolute atomic E-state index is 0. The minimum atomic E-state index is 0. The minimum Gasteiger partial charge on any atom is -1.00 e. The van der Waals surface area contributed by atoms with Gasteiger partial charge in [0, 0.05) is 26.1 Å². The molecule has 0 amide bonds. The summed E-state index contributed by atoms with van der Waals surface area (Å²) in [6.07, 6.45) is 3.84. The molecule has 0 aromatic rings. The molecule has 0 saturated carbocycles. The molecule has 5 heteroatoms. The Kier molecular flexibility index (Phi) is 9.23. The van der Waals surface area contributed by atoms with Crippen LogP contribution >= 0.6 is 0 Å². The summed E-state index contributed by atoms with van der Waals surface area (Å²) in [6.45, 7) is 3.60. The Morgan fingerprint density at radius 1 is 1.08 bits per heavy atom. The number of rotatable bonds is 0. The zero-order valence-electron chi connectivity index (χ0n) is 7.10. The molecule has 0 aromatic heterocycles. The van der Waals surface area contributed by atoms with Crippen molar-refractivity contribution in [3.05, 3.63) is 0 Å². The normalized spacial score (nSPS) is 19.3. The molecule has 1 fully saturated rings. The quantitative estimate of drug-likeness (QED) is 0.371. The van der Waals surface area contributed by atoms with Crippen molar-refractivity contribution in [3.8, 4) is 0 Å². The number of aliphatic imine (C=N–C) groups is 1. The van der Waals surface area contributed by atoms with Crippen LogP contribution < -0.4 is 24.8 Å². The summed E-state index contributed by atoms with van der Waals surface area (Å²) in [5.41, 5.74) is 0. The molecule has 2 heterocycles. The Bertz CT molecular complexity index is 152. The Hall–Kier alpha value is 0.816. The van der Waals surface area contributed by atoms with E-state index >= 15 is 0 Å². The van der Waals surface area contributed by atoms with Gasteiger partial charge in [0.15, 0.2) is 0 Å². The van der Waals surface area contributed by atoms with Gasteiger partial charge in [0.05, 0.1) is 5.84 Å². The van der Waals surface area contributed by atoms with Crippen LogP contribution in [0.3, 0.4) is 0 Å². The van der Waals surface area contributed by atoms with Crippen LogP contribution in [-0.2, 0) is 0 Å². The summed E-state index contributed by atoms with van der Waals surface area (Å²) < 4.78 is 0. The summed E-state index contributed by atoms with van der Waals surface area (Å²) in [5.74, 6) is 1.38. The summed E-state index contributed by atoms with van der Waals surface area (Å²) in [5, 5.41) is 0. The fourth-order valence-electron chi connectivity index (χ4n) is 1.60. The molecule has 2 rings (SSSR count). The van der Waals surface area contributed by atoms with Crippen LogP contribution in [0, 0.1) is 0 Å². The van der Waals surface area contributed by atoms with Gasteiger partial charge in [0.2, 0.25) is 0 Å². The van der Waals surface area contributed by atoms with Crippen LogP contribution in [0.2, 0.25) is 0 Å². The molecule has 1 saturated heterocycles. The predicted molar refractivity (Wildman–Crippen MR) is 43.5 cm³/mol. The summed E-state index contributed by atoms with van der Waals surface area (Å²) in [7, 11) is 0. The van der Waals surface area contributed by atoms with Crippen LogP contribution in [0.1, 0.15) is 19.3 Å². The molecule has 0 radical (unpaired) electrons. The standard InChI is InChI=1S/C7H12N2.2ClH.Mg/c1-3-7-8-4-2-6-9(7)5-1;;;/h1-6H2;2*1H;/q;;;+2/p-2. The molecule has 0 bridgehead atoms. The van der Waals surface area contributed by atoms with E-state index in [-0.39, 0.29) is 47.9 Å². The molecule has 2 aliphatic rings. The Morgan fingerprint density at radius 3 is 2.42 bits per heavy atom. The number of fused-ring (bicyclic) bond motifs is 1. The summed E-state index contributed by atoms with van der Waals surface area (Å²) in [6, 6.07) is 0. The molecule has 2 aliphatic heterocycles. The number of hydrogen-bond donors (Lipinski definition) is 0. The molecule has 0 N–H and O–H groups in total. The average molecular weight is 219 g/mol. The molecular formula is C7H12Cl2MgN2. The number of amidine groups is 1. The first-order valence-electron chi connectivity index (χ1n) is 3.75. The van der Waals surface area contributed by atoms with Crippen molar-refractivity contribution < 1.29 is 24.8 Å². The third-order valence-corrected chi connectivity index (χ3v) is 2.07. The second kappa shape index (κ2) is 7.24. The van der Waals surface area contributed by atoms with Crippen molar-refractivity contribution in [2.75, 3.05) is 19.6 Å². The van der Waals surface area contributed by atoms with Gasteiger partial charge in [-0.15, -0.1) is 0 Å². The van der Waals surface area contributed by atoms with Crippen LogP contribution in [-0.4, -0.2) is 53.4 Å². The maximum atomic E-state index is 4.43. The second-order valence-corrected chi connectivity index (χ2v) is 2.74. The van der Waals surface area contributed by atoms with E-state index in [1.54, 1.807) is 0 Å². The van der Waals surface area contributed by atoms with E-state index < -0.39 is 0 Å². The fourth-order valence-corrected chi connectivity index (χ4v) is 1.60. The number of nitrogens with zero attached hydrogens (tertiary/aromatic N) is 2. The zero-order chi connectivity index (χ0) is 6.10. The van der Waals surface area contributed by atoms with Crippen molar-refractivity contribution in [2.24, 2.45) is 4.99 Å². The monoisotopic (exact) mass is 218 g/mol. The van der Waals surface area contributed by atoms with Gasteiger partial charge in [-0.25, -0.2) is 0 Å². The largest absolute Gasteiger partial charge is 2.00 e. The maximum Gasteiger partial charge on any atom is 2.00 e. The third kappa shape index (κ3) is 3.28. The predicted octanol–water partition coefficient (Wildman–Crippen LogP) is -5.49. The number of hydrogen-bond acceptors (Lipinski definition) is 2. The average Bonchev–Trinajstić information content (AvgIpc) is 2.33. The summed E-state index contributed by atoms with van der Waals surface area (Å²) in [4.78, 5) is 6.85. The van der Waals surface area contributed by atoms with Crippen LogP contribution in [0.25, 0.3) is 0 Å². The van der Waals surface area contributed by atoms with Crippen LogP contribution in [0.15, 0.2) is 4.99 Å². The maximum absolute atomic E-state index is 4.43. The molecule has 0 unspecified atom stereocenters. The molecule has 12 heavy (non-hydrogen) atoms. The smallest absolute Gasteiger partial charge is 1.00 e. The Morgan fingerprint density at radius 2 is 1.75 bits per heavy atom. The Labute approximate surface area is 102 Å². The van der Waals surface area contributed by atoms with E-state index in [0.29, 0.717) is 0 Å². The van der Waals surface area contributed by atoms with Gasteiger partial charge in [0.1, 0.15) is 0 Å². The van der Waals surface area contributed by atoms with Crippen LogP contribution in [0.5, 0.6) is 0 Å². The van der Waals surface area contributed by atoms with Crippen molar-refractivity contribution in [3.63, 3.8) is 0 Å². The summed E-state index contributed by atoms with van der Waals surface area (Å²) >= 11 is 0. The van der Waals surface area contributed by atoms with Gasteiger partial charge in [-0.2, -0.15) is 0 Å². The molecule has 66 valence electrons. The van der Waals surface area contributed by atoms with Gasteiger partial charge < -0.3 is 29.7 Å². The number of halogens is 2. The van der Waals surface area contributed by atoms with E-state index in [2.05, 4.69) is 9.89 Å². The first-order chi connectivity index (χ1) is 4.47. The van der Waals surface area contributed by atoms with Gasteiger partial charge in [0.25, 0.3) is 0 Å². The van der Waals surface area contributed by atoms with Crippen molar-refractivity contribution in [1.29, 1.82) is 0 Å². The van der Waals surface area contributed by atoms with Crippen molar-refractivity contribution >= 4 is 28.9 Å². The second-order valence-electron chi connectivity index (χ2n) is 2.74. The Balaban J connectivity index is 0. The van der Waals surface area contributed by atoms with Crippen molar-refractivity contribution in [2.45, 2.75) is 19.3 Å². The first-order valence-corrected chi connectivity index (χ1v) is 3.75. The van der Waals surface area contributed by atoms with E-state index in [1.165, 1.54) is 38.2 Å².